The molecule has 1 aromatic carbocycles. The van der Waals surface area contributed by atoms with Crippen LogP contribution in [0.25, 0.3) is 11.3 Å². The highest BCUT2D eigenvalue weighted by Crippen LogP contribution is 2.21. The monoisotopic (exact) mass is 316 g/mol. The van der Waals surface area contributed by atoms with E-state index in [2.05, 4.69) is 15.5 Å². The highest BCUT2D eigenvalue weighted by Gasteiger charge is 2.24. The molecule has 0 radical (unpaired) electrons. The maximum Gasteiger partial charge on any atom is 0.271 e. The number of aromatic amines is 1. The lowest BCUT2D eigenvalue weighted by atomic mass is 9.96. The molecule has 1 aliphatic heterocycles. The second kappa shape index (κ2) is 6.91. The van der Waals surface area contributed by atoms with Crippen molar-refractivity contribution < 1.29 is 9.18 Å². The number of halogens is 1. The summed E-state index contributed by atoms with van der Waals surface area (Å²) in [4.78, 5) is 14.4. The number of nitrogens with zero attached hydrogens (tertiary/aromatic N) is 2. The molecule has 0 unspecified atom stereocenters. The largest absolute Gasteiger partial charge is 0.337 e. The minimum absolute atomic E-state index is 0.0197. The Morgan fingerprint density at radius 1 is 1.35 bits per heavy atom. The van der Waals surface area contributed by atoms with E-state index >= 15 is 0 Å². The molecule has 2 aromatic rings. The van der Waals surface area contributed by atoms with E-state index in [0.717, 1.165) is 38.0 Å². The smallest absolute Gasteiger partial charge is 0.271 e. The second-order valence-electron chi connectivity index (χ2n) is 5.97. The van der Waals surface area contributed by atoms with Gasteiger partial charge in [0.1, 0.15) is 11.5 Å². The molecule has 0 atom stereocenters. The van der Waals surface area contributed by atoms with Crippen molar-refractivity contribution in [1.29, 1.82) is 0 Å². The van der Waals surface area contributed by atoms with E-state index < -0.39 is 0 Å². The zero-order valence-electron chi connectivity index (χ0n) is 13.2. The Hall–Kier alpha value is -2.21. The summed E-state index contributed by atoms with van der Waals surface area (Å²) in [7, 11) is 1.96. The molecule has 0 bridgehead atoms. The van der Waals surface area contributed by atoms with E-state index in [-0.39, 0.29) is 11.7 Å². The van der Waals surface area contributed by atoms with Crippen LogP contribution in [-0.4, -0.2) is 47.7 Å². The fourth-order valence-corrected chi connectivity index (χ4v) is 3.00. The SMILES string of the molecule is CNCC1CCN(C(=O)c2cc(-c3ccc(F)cc3)n[nH]2)CC1. The van der Waals surface area contributed by atoms with Crippen LogP contribution in [0.1, 0.15) is 23.3 Å². The molecule has 3 rings (SSSR count). The van der Waals surface area contributed by atoms with E-state index in [9.17, 15) is 9.18 Å². The van der Waals surface area contributed by atoms with Crippen molar-refractivity contribution >= 4 is 5.91 Å². The molecule has 1 aliphatic rings. The zero-order chi connectivity index (χ0) is 16.2. The number of H-pyrrole nitrogens is 1. The summed E-state index contributed by atoms with van der Waals surface area (Å²) >= 11 is 0. The number of hydrogen-bond donors (Lipinski definition) is 2. The maximum absolute atomic E-state index is 13.0. The molecule has 1 aromatic heterocycles. The van der Waals surface area contributed by atoms with Crippen molar-refractivity contribution in [2.45, 2.75) is 12.8 Å². The van der Waals surface area contributed by atoms with Crippen LogP contribution in [-0.2, 0) is 0 Å². The molecule has 0 saturated carbocycles. The van der Waals surface area contributed by atoms with Crippen LogP contribution in [0.15, 0.2) is 30.3 Å². The first-order chi connectivity index (χ1) is 11.2. The van der Waals surface area contributed by atoms with Gasteiger partial charge in [0.05, 0.1) is 5.69 Å². The van der Waals surface area contributed by atoms with Gasteiger partial charge in [-0.25, -0.2) is 4.39 Å². The van der Waals surface area contributed by atoms with Gasteiger partial charge >= 0.3 is 0 Å². The fourth-order valence-electron chi connectivity index (χ4n) is 3.00. The third kappa shape index (κ3) is 3.59. The van der Waals surface area contributed by atoms with Gasteiger partial charge in [-0.15, -0.1) is 0 Å². The van der Waals surface area contributed by atoms with E-state index in [0.29, 0.717) is 17.3 Å². The Kier molecular flexibility index (Phi) is 4.71. The molecule has 2 N–H and O–H groups in total. The third-order valence-electron chi connectivity index (χ3n) is 4.34. The van der Waals surface area contributed by atoms with Crippen molar-refractivity contribution in [1.82, 2.24) is 20.4 Å². The summed E-state index contributed by atoms with van der Waals surface area (Å²) in [5, 5.41) is 10.2. The Morgan fingerprint density at radius 3 is 2.70 bits per heavy atom. The molecule has 6 heteroatoms. The Bertz CT molecular complexity index is 659. The van der Waals surface area contributed by atoms with Crippen LogP contribution in [0.3, 0.4) is 0 Å². The van der Waals surface area contributed by atoms with E-state index in [4.69, 9.17) is 0 Å². The van der Waals surface area contributed by atoms with Gasteiger partial charge in [-0.1, -0.05) is 0 Å². The molecule has 2 heterocycles. The molecule has 23 heavy (non-hydrogen) atoms. The summed E-state index contributed by atoms with van der Waals surface area (Å²) in [6, 6.07) is 7.82. The number of likely N-dealkylation sites (tertiary alicyclic amines) is 1. The molecule has 5 nitrogen and oxygen atoms in total. The fraction of sp³-hybridized carbons (Fsp3) is 0.412. The molecule has 0 spiro atoms. The standard InChI is InChI=1S/C17H21FN4O/c1-19-11-12-6-8-22(9-7-12)17(23)16-10-15(20-21-16)13-2-4-14(18)5-3-13/h2-5,10,12,19H,6-9,11H2,1H3,(H,20,21). The second-order valence-corrected chi connectivity index (χ2v) is 5.97. The number of amides is 1. The van der Waals surface area contributed by atoms with Crippen molar-refractivity contribution in [3.63, 3.8) is 0 Å². The zero-order valence-corrected chi connectivity index (χ0v) is 13.2. The summed E-state index contributed by atoms with van der Waals surface area (Å²) < 4.78 is 13.0. The number of aromatic nitrogens is 2. The number of nitrogens with one attached hydrogen (secondary N) is 2. The van der Waals surface area contributed by atoms with Gasteiger partial charge < -0.3 is 10.2 Å². The number of carbonyl (C=O) groups excluding carboxylic acids is 1. The lowest BCUT2D eigenvalue weighted by Crippen LogP contribution is -2.40. The number of piperidine rings is 1. The molecule has 122 valence electrons. The Morgan fingerprint density at radius 2 is 2.04 bits per heavy atom. The van der Waals surface area contributed by atoms with E-state index in [1.807, 2.05) is 11.9 Å². The normalized spacial score (nSPS) is 15.8. The molecular formula is C17H21FN4O. The van der Waals surface area contributed by atoms with E-state index in [1.165, 1.54) is 12.1 Å². The van der Waals surface area contributed by atoms with Gasteiger partial charge in [-0.2, -0.15) is 5.10 Å². The minimum Gasteiger partial charge on any atom is -0.337 e. The van der Waals surface area contributed by atoms with Crippen molar-refractivity contribution in [3.05, 3.63) is 41.8 Å². The number of benzene rings is 1. The summed E-state index contributed by atoms with van der Waals surface area (Å²) in [6.45, 7) is 2.55. The number of rotatable bonds is 4. The van der Waals surface area contributed by atoms with Crippen LogP contribution >= 0.6 is 0 Å². The highest BCUT2D eigenvalue weighted by atomic mass is 19.1. The molecule has 1 fully saturated rings. The number of carbonyl (C=O) groups is 1. The number of hydrogen-bond acceptors (Lipinski definition) is 3. The van der Waals surface area contributed by atoms with Gasteiger partial charge in [-0.3, -0.25) is 9.89 Å². The minimum atomic E-state index is -0.287. The van der Waals surface area contributed by atoms with Gasteiger partial charge in [0.15, 0.2) is 0 Å². The van der Waals surface area contributed by atoms with Crippen LogP contribution in [0.2, 0.25) is 0 Å². The van der Waals surface area contributed by atoms with Crippen LogP contribution in [0.5, 0.6) is 0 Å². The topological polar surface area (TPSA) is 61.0 Å². The lowest BCUT2D eigenvalue weighted by Gasteiger charge is -2.31. The third-order valence-corrected chi connectivity index (χ3v) is 4.34. The molecular weight excluding hydrogens is 295 g/mol. The average molecular weight is 316 g/mol. The summed E-state index contributed by atoms with van der Waals surface area (Å²) in [6.07, 6.45) is 2.04. The van der Waals surface area contributed by atoms with Gasteiger partial charge in [0.2, 0.25) is 0 Å². The highest BCUT2D eigenvalue weighted by molar-refractivity contribution is 5.93. The van der Waals surface area contributed by atoms with Crippen LogP contribution in [0, 0.1) is 11.7 Å². The predicted octanol–water partition coefficient (Wildman–Crippen LogP) is 2.29. The maximum atomic E-state index is 13.0. The molecule has 1 saturated heterocycles. The van der Waals surface area contributed by atoms with Crippen molar-refractivity contribution in [2.75, 3.05) is 26.7 Å². The molecule has 0 aliphatic carbocycles. The van der Waals surface area contributed by atoms with Crippen molar-refractivity contribution in [2.24, 2.45) is 5.92 Å². The first kappa shape index (κ1) is 15.7. The average Bonchev–Trinajstić information content (AvgIpc) is 3.06. The predicted molar refractivity (Wildman–Crippen MR) is 86.5 cm³/mol. The Labute approximate surface area is 134 Å². The lowest BCUT2D eigenvalue weighted by molar-refractivity contribution is 0.0685. The first-order valence-electron chi connectivity index (χ1n) is 7.92. The quantitative estimate of drug-likeness (QED) is 0.910. The van der Waals surface area contributed by atoms with Crippen LogP contribution < -0.4 is 5.32 Å². The van der Waals surface area contributed by atoms with Crippen molar-refractivity contribution in [3.8, 4) is 11.3 Å². The summed E-state index contributed by atoms with van der Waals surface area (Å²) in [5.74, 6) is 0.333. The Balaban J connectivity index is 1.66. The first-order valence-corrected chi connectivity index (χ1v) is 7.92. The molecule has 1 amide bonds. The van der Waals surface area contributed by atoms with Gasteiger partial charge in [0, 0.05) is 18.7 Å². The van der Waals surface area contributed by atoms with Gasteiger partial charge in [-0.05, 0) is 62.7 Å². The van der Waals surface area contributed by atoms with Gasteiger partial charge in [0.25, 0.3) is 5.91 Å². The van der Waals surface area contributed by atoms with E-state index in [1.54, 1.807) is 18.2 Å². The van der Waals surface area contributed by atoms with Crippen LogP contribution in [0.4, 0.5) is 4.39 Å². The summed E-state index contributed by atoms with van der Waals surface area (Å²) in [5.41, 5.74) is 1.92.